The molecule has 1 aliphatic heterocycles. The van der Waals surface area contributed by atoms with Crippen LogP contribution in [0.4, 0.5) is 10.5 Å². The topological polar surface area (TPSA) is 78.5 Å². The summed E-state index contributed by atoms with van der Waals surface area (Å²) in [5, 5.41) is 5.63. The van der Waals surface area contributed by atoms with Gasteiger partial charge in [0.2, 0.25) is 5.91 Å². The van der Waals surface area contributed by atoms with E-state index in [1.165, 1.54) is 0 Å². The van der Waals surface area contributed by atoms with Crippen LogP contribution in [-0.2, 0) is 9.59 Å². The fourth-order valence-electron chi connectivity index (χ4n) is 3.13. The molecule has 1 heterocycles. The van der Waals surface area contributed by atoms with Gasteiger partial charge in [-0.15, -0.1) is 0 Å². The maximum absolute atomic E-state index is 12.5. The Morgan fingerprint density at radius 3 is 2.08 bits per heavy atom. The van der Waals surface area contributed by atoms with Crippen molar-refractivity contribution in [1.82, 2.24) is 10.2 Å². The van der Waals surface area contributed by atoms with Crippen molar-refractivity contribution in [3.05, 3.63) is 29.3 Å². The average Bonchev–Trinajstić information content (AvgIpc) is 2.73. The molecule has 2 N–H and O–H groups in total. The Morgan fingerprint density at radius 1 is 1.12 bits per heavy atom. The van der Waals surface area contributed by atoms with Crippen LogP contribution in [0, 0.1) is 0 Å². The van der Waals surface area contributed by atoms with Crippen LogP contribution in [0.2, 0.25) is 0 Å². The lowest BCUT2D eigenvalue weighted by Gasteiger charge is -2.21. The second-order valence-electron chi connectivity index (χ2n) is 7.93. The largest absolute Gasteiger partial charge is 0.326 e. The Bertz CT molecular complexity index is 697. The van der Waals surface area contributed by atoms with Crippen LogP contribution in [0.15, 0.2) is 18.2 Å². The minimum Gasteiger partial charge on any atom is -0.326 e. The van der Waals surface area contributed by atoms with E-state index in [0.717, 1.165) is 21.7 Å². The first-order valence-electron chi connectivity index (χ1n) is 9.11. The second kappa shape index (κ2) is 7.48. The van der Waals surface area contributed by atoms with Crippen molar-refractivity contribution in [2.45, 2.75) is 65.3 Å². The van der Waals surface area contributed by atoms with Gasteiger partial charge in [0.25, 0.3) is 5.91 Å². The molecule has 1 fully saturated rings. The van der Waals surface area contributed by atoms with Gasteiger partial charge in [-0.25, -0.2) is 4.79 Å². The van der Waals surface area contributed by atoms with E-state index in [1.54, 1.807) is 13.8 Å². The Kier molecular flexibility index (Phi) is 5.74. The summed E-state index contributed by atoms with van der Waals surface area (Å²) < 4.78 is 0. The lowest BCUT2D eigenvalue weighted by Crippen LogP contribution is -2.40. The van der Waals surface area contributed by atoms with Crippen molar-refractivity contribution in [2.24, 2.45) is 0 Å². The first-order valence-corrected chi connectivity index (χ1v) is 9.11. The normalized spacial score (nSPS) is 16.4. The van der Waals surface area contributed by atoms with Crippen LogP contribution in [0.5, 0.6) is 0 Å². The molecule has 1 aromatic carbocycles. The molecule has 2 rings (SSSR count). The molecule has 0 radical (unpaired) electrons. The molecule has 0 saturated carbocycles. The highest BCUT2D eigenvalue weighted by Crippen LogP contribution is 2.32. The maximum atomic E-state index is 12.5. The molecule has 1 aliphatic rings. The van der Waals surface area contributed by atoms with Crippen LogP contribution in [0.25, 0.3) is 0 Å². The van der Waals surface area contributed by atoms with Crippen LogP contribution in [0.1, 0.15) is 70.9 Å². The molecule has 0 atom stereocenters. The van der Waals surface area contributed by atoms with Gasteiger partial charge in [0.05, 0.1) is 0 Å². The molecule has 0 unspecified atom stereocenters. The number of nitrogens with one attached hydrogen (secondary N) is 2. The lowest BCUT2D eigenvalue weighted by atomic mass is 9.92. The summed E-state index contributed by atoms with van der Waals surface area (Å²) in [6.07, 6.45) is 0.0687. The zero-order valence-electron chi connectivity index (χ0n) is 16.5. The summed E-state index contributed by atoms with van der Waals surface area (Å²) in [6.45, 7) is 11.7. The Balaban J connectivity index is 2.11. The number of hydrogen-bond acceptors (Lipinski definition) is 3. The third-order valence-electron chi connectivity index (χ3n) is 4.64. The number of para-hydroxylation sites is 1. The van der Waals surface area contributed by atoms with Crippen molar-refractivity contribution < 1.29 is 14.4 Å². The highest BCUT2D eigenvalue weighted by atomic mass is 16.2. The van der Waals surface area contributed by atoms with Gasteiger partial charge in [-0.2, -0.15) is 0 Å². The first-order chi connectivity index (χ1) is 12.0. The summed E-state index contributed by atoms with van der Waals surface area (Å²) in [7, 11) is 0. The summed E-state index contributed by atoms with van der Waals surface area (Å²) >= 11 is 0. The highest BCUT2D eigenvalue weighted by molar-refractivity contribution is 6.06. The fourth-order valence-corrected chi connectivity index (χ4v) is 3.13. The van der Waals surface area contributed by atoms with Crippen molar-refractivity contribution in [3.63, 3.8) is 0 Å². The average molecular weight is 359 g/mol. The third-order valence-corrected chi connectivity index (χ3v) is 4.64. The van der Waals surface area contributed by atoms with E-state index in [2.05, 4.69) is 38.3 Å². The lowest BCUT2D eigenvalue weighted by molar-refractivity contribution is -0.130. The molecular weight excluding hydrogens is 330 g/mol. The standard InChI is InChI=1S/C20H29N3O3/c1-12(2)14-8-7-9-15(13(3)4)17(14)21-16(24)10-11-23-18(25)20(5,6)22-19(23)26/h7-9,12-13H,10-11H2,1-6H3,(H,21,24)(H,22,26). The van der Waals surface area contributed by atoms with Gasteiger partial charge >= 0.3 is 6.03 Å². The van der Waals surface area contributed by atoms with E-state index in [0.29, 0.717) is 0 Å². The third kappa shape index (κ3) is 4.06. The molecule has 0 bridgehead atoms. The number of carbonyl (C=O) groups excluding carboxylic acids is 3. The molecule has 0 spiro atoms. The minimum atomic E-state index is -0.914. The Hall–Kier alpha value is -2.37. The van der Waals surface area contributed by atoms with Crippen molar-refractivity contribution >= 4 is 23.5 Å². The SMILES string of the molecule is CC(C)c1cccc(C(C)C)c1NC(=O)CCN1C(=O)NC(C)(C)C1=O. The van der Waals surface area contributed by atoms with Gasteiger partial charge in [0.1, 0.15) is 5.54 Å². The summed E-state index contributed by atoms with van der Waals surface area (Å²) in [5.41, 5.74) is 2.10. The summed E-state index contributed by atoms with van der Waals surface area (Å²) in [5.74, 6) is 0.0394. The Morgan fingerprint density at radius 2 is 1.65 bits per heavy atom. The van der Waals surface area contributed by atoms with Gasteiger partial charge in [-0.1, -0.05) is 45.9 Å². The summed E-state index contributed by atoms with van der Waals surface area (Å²) in [4.78, 5) is 37.7. The predicted octanol–water partition coefficient (Wildman–Crippen LogP) is 3.59. The van der Waals surface area contributed by atoms with E-state index in [-0.39, 0.29) is 36.6 Å². The van der Waals surface area contributed by atoms with E-state index < -0.39 is 11.6 Å². The van der Waals surface area contributed by atoms with Crippen molar-refractivity contribution in [3.8, 4) is 0 Å². The minimum absolute atomic E-state index is 0.0687. The van der Waals surface area contributed by atoms with Crippen LogP contribution >= 0.6 is 0 Å². The monoisotopic (exact) mass is 359 g/mol. The molecular formula is C20H29N3O3. The van der Waals surface area contributed by atoms with Crippen LogP contribution < -0.4 is 10.6 Å². The van der Waals surface area contributed by atoms with Gasteiger partial charge in [0.15, 0.2) is 0 Å². The molecule has 142 valence electrons. The predicted molar refractivity (Wildman–Crippen MR) is 102 cm³/mol. The van der Waals surface area contributed by atoms with Gasteiger partial charge in [0, 0.05) is 18.7 Å². The van der Waals surface area contributed by atoms with E-state index in [9.17, 15) is 14.4 Å². The van der Waals surface area contributed by atoms with Gasteiger partial charge < -0.3 is 10.6 Å². The number of hydrogen-bond donors (Lipinski definition) is 2. The maximum Gasteiger partial charge on any atom is 0.325 e. The van der Waals surface area contributed by atoms with E-state index in [1.807, 2.05) is 18.2 Å². The number of rotatable bonds is 6. The molecule has 1 saturated heterocycles. The molecule has 26 heavy (non-hydrogen) atoms. The molecule has 6 heteroatoms. The number of benzene rings is 1. The number of urea groups is 1. The van der Waals surface area contributed by atoms with E-state index in [4.69, 9.17) is 0 Å². The van der Waals surface area contributed by atoms with Gasteiger partial charge in [-0.05, 0) is 36.8 Å². The van der Waals surface area contributed by atoms with Crippen molar-refractivity contribution in [1.29, 1.82) is 0 Å². The fraction of sp³-hybridized carbons (Fsp3) is 0.550. The van der Waals surface area contributed by atoms with Crippen LogP contribution in [-0.4, -0.2) is 34.8 Å². The molecule has 4 amide bonds. The quantitative estimate of drug-likeness (QED) is 0.762. The Labute approximate surface area is 155 Å². The number of anilines is 1. The zero-order valence-corrected chi connectivity index (χ0v) is 16.5. The van der Waals surface area contributed by atoms with E-state index >= 15 is 0 Å². The molecule has 0 aromatic heterocycles. The highest BCUT2D eigenvalue weighted by Gasteiger charge is 2.44. The smallest absolute Gasteiger partial charge is 0.325 e. The van der Waals surface area contributed by atoms with Crippen LogP contribution in [0.3, 0.4) is 0 Å². The number of amides is 4. The first kappa shape index (κ1) is 19.9. The number of nitrogens with zero attached hydrogens (tertiary/aromatic N) is 1. The molecule has 1 aromatic rings. The van der Waals surface area contributed by atoms with Gasteiger partial charge in [-0.3, -0.25) is 14.5 Å². The second-order valence-corrected chi connectivity index (χ2v) is 7.93. The van der Waals surface area contributed by atoms with Crippen molar-refractivity contribution in [2.75, 3.05) is 11.9 Å². The summed E-state index contributed by atoms with van der Waals surface area (Å²) in [6, 6.07) is 5.60. The zero-order chi connectivity index (χ0) is 19.6. The number of carbonyl (C=O) groups is 3. The molecule has 0 aliphatic carbocycles. The molecule has 6 nitrogen and oxygen atoms in total. The number of imide groups is 1.